The molecule has 2 amide bonds. The van der Waals surface area contributed by atoms with Crippen LogP contribution in [0.1, 0.15) is 18.9 Å². The summed E-state index contributed by atoms with van der Waals surface area (Å²) in [7, 11) is 1.60. The maximum atomic E-state index is 11.5. The highest BCUT2D eigenvalue weighted by Gasteiger charge is 2.07. The number of rotatable bonds is 7. The summed E-state index contributed by atoms with van der Waals surface area (Å²) in [5.41, 5.74) is 6.45. The Morgan fingerprint density at radius 1 is 1.19 bits per heavy atom. The minimum atomic E-state index is -0.237. The van der Waals surface area contributed by atoms with E-state index in [4.69, 9.17) is 10.5 Å². The second-order valence-electron chi connectivity index (χ2n) is 4.58. The fourth-order valence-electron chi connectivity index (χ4n) is 1.55. The molecule has 0 aliphatic carbocycles. The molecule has 0 aliphatic heterocycles. The zero-order valence-electron chi connectivity index (χ0n) is 12.2. The molecule has 1 aromatic rings. The maximum absolute atomic E-state index is 11.5. The molecule has 1 aromatic carbocycles. The quantitative estimate of drug-likeness (QED) is 0.686. The third kappa shape index (κ3) is 8.16. The van der Waals surface area contributed by atoms with Gasteiger partial charge in [0.15, 0.2) is 0 Å². The number of hydrogen-bond acceptors (Lipinski definition) is 4. The predicted molar refractivity (Wildman–Crippen MR) is 83.4 cm³/mol. The van der Waals surface area contributed by atoms with Gasteiger partial charge in [-0.3, -0.25) is 9.59 Å². The van der Waals surface area contributed by atoms with E-state index in [-0.39, 0.29) is 43.2 Å². The van der Waals surface area contributed by atoms with Crippen LogP contribution in [0, 0.1) is 0 Å². The molecule has 0 heterocycles. The normalized spacial score (nSPS) is 11.0. The number of ether oxygens (including phenoxy) is 1. The van der Waals surface area contributed by atoms with Gasteiger partial charge >= 0.3 is 0 Å². The van der Waals surface area contributed by atoms with Crippen molar-refractivity contribution in [3.63, 3.8) is 0 Å². The van der Waals surface area contributed by atoms with Gasteiger partial charge < -0.3 is 21.1 Å². The molecule has 0 saturated heterocycles. The van der Waals surface area contributed by atoms with Crippen molar-refractivity contribution in [1.29, 1.82) is 0 Å². The average molecular weight is 316 g/mol. The van der Waals surface area contributed by atoms with Crippen molar-refractivity contribution < 1.29 is 14.3 Å². The number of nitrogens with two attached hydrogens (primary N) is 1. The number of nitrogens with one attached hydrogen (secondary N) is 2. The average Bonchev–Trinajstić information content (AvgIpc) is 2.42. The molecule has 0 aliphatic rings. The van der Waals surface area contributed by atoms with E-state index in [9.17, 15) is 9.59 Å². The fourth-order valence-corrected chi connectivity index (χ4v) is 1.55. The Morgan fingerprint density at radius 2 is 1.81 bits per heavy atom. The van der Waals surface area contributed by atoms with Crippen LogP contribution in [-0.2, 0) is 16.1 Å². The Balaban J connectivity index is 0.00000400. The number of carbonyl (C=O) groups is 2. The summed E-state index contributed by atoms with van der Waals surface area (Å²) in [6, 6.07) is 7.18. The van der Waals surface area contributed by atoms with Crippen molar-refractivity contribution in [2.24, 2.45) is 5.73 Å². The third-order valence-corrected chi connectivity index (χ3v) is 2.60. The monoisotopic (exact) mass is 315 g/mol. The van der Waals surface area contributed by atoms with E-state index >= 15 is 0 Å². The van der Waals surface area contributed by atoms with Gasteiger partial charge in [-0.05, 0) is 24.6 Å². The van der Waals surface area contributed by atoms with Gasteiger partial charge in [0.25, 0.3) is 0 Å². The van der Waals surface area contributed by atoms with Gasteiger partial charge in [0.1, 0.15) is 5.75 Å². The van der Waals surface area contributed by atoms with Gasteiger partial charge in [0.05, 0.1) is 13.7 Å². The van der Waals surface area contributed by atoms with Crippen LogP contribution in [-0.4, -0.2) is 31.5 Å². The molecule has 1 unspecified atom stereocenters. The number of halogens is 1. The van der Waals surface area contributed by atoms with Crippen LogP contribution < -0.4 is 21.1 Å². The number of amides is 2. The predicted octanol–water partition coefficient (Wildman–Crippen LogP) is 0.587. The largest absolute Gasteiger partial charge is 0.497 e. The van der Waals surface area contributed by atoms with Crippen molar-refractivity contribution in [2.45, 2.75) is 25.9 Å². The zero-order chi connectivity index (χ0) is 15.0. The van der Waals surface area contributed by atoms with Gasteiger partial charge in [-0.15, -0.1) is 12.4 Å². The van der Waals surface area contributed by atoms with Gasteiger partial charge in [0, 0.05) is 19.0 Å². The second-order valence-corrected chi connectivity index (χ2v) is 4.58. The lowest BCUT2D eigenvalue weighted by Crippen LogP contribution is -2.38. The highest BCUT2D eigenvalue weighted by atomic mass is 35.5. The van der Waals surface area contributed by atoms with Gasteiger partial charge in [-0.25, -0.2) is 0 Å². The number of methoxy groups -OCH3 is 1. The van der Waals surface area contributed by atoms with E-state index in [1.807, 2.05) is 24.3 Å². The molecular weight excluding hydrogens is 294 g/mol. The standard InChI is InChI=1S/C14H21N3O3.ClH/c1-10(15)7-13(18)17-9-14(19)16-8-11-3-5-12(20-2)6-4-11;/h3-6,10H,7-9,15H2,1-2H3,(H,16,19)(H,17,18);1H. The molecule has 1 rings (SSSR count). The topological polar surface area (TPSA) is 93.5 Å². The molecule has 4 N–H and O–H groups in total. The highest BCUT2D eigenvalue weighted by Crippen LogP contribution is 2.10. The zero-order valence-corrected chi connectivity index (χ0v) is 13.0. The summed E-state index contributed by atoms with van der Waals surface area (Å²) < 4.78 is 5.05. The van der Waals surface area contributed by atoms with Crippen LogP contribution in [0.2, 0.25) is 0 Å². The summed E-state index contributed by atoms with van der Waals surface area (Å²) in [5.74, 6) is 0.307. The minimum absolute atomic E-state index is 0. The van der Waals surface area contributed by atoms with Crippen molar-refractivity contribution in [3.8, 4) is 5.75 Å². The van der Waals surface area contributed by atoms with Crippen molar-refractivity contribution in [1.82, 2.24) is 10.6 Å². The summed E-state index contributed by atoms with van der Waals surface area (Å²) in [6.07, 6.45) is 0.214. The van der Waals surface area contributed by atoms with Crippen molar-refractivity contribution in [2.75, 3.05) is 13.7 Å². The Hall–Kier alpha value is -1.79. The van der Waals surface area contributed by atoms with Crippen molar-refractivity contribution in [3.05, 3.63) is 29.8 Å². The molecule has 1 atom stereocenters. The first-order valence-electron chi connectivity index (χ1n) is 6.43. The fraction of sp³-hybridized carbons (Fsp3) is 0.429. The maximum Gasteiger partial charge on any atom is 0.239 e. The van der Waals surface area contributed by atoms with E-state index in [0.717, 1.165) is 11.3 Å². The van der Waals surface area contributed by atoms with Crippen LogP contribution >= 0.6 is 12.4 Å². The van der Waals surface area contributed by atoms with E-state index < -0.39 is 0 Å². The molecule has 0 spiro atoms. The molecule has 0 saturated carbocycles. The highest BCUT2D eigenvalue weighted by molar-refractivity contribution is 5.85. The van der Waals surface area contributed by atoms with E-state index in [1.165, 1.54) is 0 Å². The van der Waals surface area contributed by atoms with Crippen LogP contribution in [0.3, 0.4) is 0 Å². The van der Waals surface area contributed by atoms with Gasteiger partial charge in [0.2, 0.25) is 11.8 Å². The number of hydrogen-bond donors (Lipinski definition) is 3. The third-order valence-electron chi connectivity index (χ3n) is 2.60. The number of benzene rings is 1. The molecule has 0 fully saturated rings. The van der Waals surface area contributed by atoms with Gasteiger partial charge in [-0.1, -0.05) is 12.1 Å². The van der Waals surface area contributed by atoms with Crippen LogP contribution in [0.4, 0.5) is 0 Å². The lowest BCUT2D eigenvalue weighted by molar-refractivity contribution is -0.126. The van der Waals surface area contributed by atoms with E-state index in [1.54, 1.807) is 14.0 Å². The number of carbonyl (C=O) groups excluding carboxylic acids is 2. The van der Waals surface area contributed by atoms with Gasteiger partial charge in [-0.2, -0.15) is 0 Å². The SMILES string of the molecule is COc1ccc(CNC(=O)CNC(=O)CC(C)N)cc1.Cl. The Labute approximate surface area is 130 Å². The van der Waals surface area contributed by atoms with E-state index in [2.05, 4.69) is 10.6 Å². The Morgan fingerprint density at radius 3 is 2.33 bits per heavy atom. The molecule has 21 heavy (non-hydrogen) atoms. The van der Waals surface area contributed by atoms with E-state index in [0.29, 0.717) is 6.54 Å². The van der Waals surface area contributed by atoms with Crippen molar-refractivity contribution >= 4 is 24.2 Å². The van der Waals surface area contributed by atoms with Crippen LogP contribution in [0.15, 0.2) is 24.3 Å². The Kier molecular flexibility index (Phi) is 9.16. The first kappa shape index (κ1) is 19.2. The molecule has 0 aromatic heterocycles. The molecular formula is C14H22ClN3O3. The summed E-state index contributed by atoms with van der Waals surface area (Å²) >= 11 is 0. The first-order chi connectivity index (χ1) is 9.51. The molecule has 0 bridgehead atoms. The first-order valence-corrected chi connectivity index (χ1v) is 6.43. The lowest BCUT2D eigenvalue weighted by atomic mass is 10.2. The second kappa shape index (κ2) is 10.0. The Bertz CT molecular complexity index is 449. The van der Waals surface area contributed by atoms with Crippen LogP contribution in [0.5, 0.6) is 5.75 Å². The smallest absolute Gasteiger partial charge is 0.239 e. The lowest BCUT2D eigenvalue weighted by Gasteiger charge is -2.08. The minimum Gasteiger partial charge on any atom is -0.497 e. The summed E-state index contributed by atoms with van der Waals surface area (Å²) in [4.78, 5) is 22.9. The summed E-state index contributed by atoms with van der Waals surface area (Å²) in [5, 5.41) is 5.24. The molecule has 7 heteroatoms. The molecule has 118 valence electrons. The molecule has 0 radical (unpaired) electrons. The molecule has 6 nitrogen and oxygen atoms in total. The summed E-state index contributed by atoms with van der Waals surface area (Å²) in [6.45, 7) is 2.11. The van der Waals surface area contributed by atoms with Crippen LogP contribution in [0.25, 0.3) is 0 Å².